The minimum Gasteiger partial charge on any atom is -0.364 e. The standard InChI is InChI=1S/C27H23F3N6O2S/c1-32-24-7-4-6-23(19-8-10-20(11-9-19)27(28,29)30)25(24)26(36-16-21-5-2-3-12-34-21)35-15-18-13-22(17-33-14-18)39(31,37)38/h2-14,17H,1,15-16H2,(H,35,36)(H2,31,37,38). The van der Waals surface area contributed by atoms with Crippen LogP contribution in [0.15, 0.2) is 100 Å². The van der Waals surface area contributed by atoms with Crippen molar-refractivity contribution in [3.63, 3.8) is 0 Å². The fourth-order valence-corrected chi connectivity index (χ4v) is 4.30. The number of halogens is 3. The molecule has 2 aromatic heterocycles. The molecule has 0 aliphatic rings. The van der Waals surface area contributed by atoms with Gasteiger partial charge in [-0.15, -0.1) is 0 Å². The van der Waals surface area contributed by atoms with E-state index in [4.69, 9.17) is 5.14 Å². The number of nitrogens with two attached hydrogens (primary N) is 1. The van der Waals surface area contributed by atoms with Crippen LogP contribution >= 0.6 is 0 Å². The number of sulfonamides is 1. The fraction of sp³-hybridized carbons (Fsp3) is 0.111. The lowest BCUT2D eigenvalue weighted by Crippen LogP contribution is -2.25. The first-order chi connectivity index (χ1) is 18.6. The number of aliphatic imine (C=N–C) groups is 2. The molecular formula is C27H23F3N6O2S. The smallest absolute Gasteiger partial charge is 0.364 e. The molecule has 200 valence electrons. The van der Waals surface area contributed by atoms with Crippen LogP contribution in [0.1, 0.15) is 22.4 Å². The van der Waals surface area contributed by atoms with Gasteiger partial charge in [0, 0.05) is 24.2 Å². The molecule has 2 aromatic carbocycles. The number of amidine groups is 1. The summed E-state index contributed by atoms with van der Waals surface area (Å²) in [7, 11) is -3.97. The van der Waals surface area contributed by atoms with Gasteiger partial charge in [-0.3, -0.25) is 20.0 Å². The van der Waals surface area contributed by atoms with Gasteiger partial charge in [0.05, 0.1) is 30.0 Å². The van der Waals surface area contributed by atoms with E-state index in [1.165, 1.54) is 24.4 Å². The third-order valence-corrected chi connectivity index (χ3v) is 6.53. The molecule has 0 unspecified atom stereocenters. The number of rotatable bonds is 8. The van der Waals surface area contributed by atoms with E-state index >= 15 is 0 Å². The lowest BCUT2D eigenvalue weighted by molar-refractivity contribution is -0.137. The monoisotopic (exact) mass is 552 g/mol. The number of hydrogen-bond acceptors (Lipinski definition) is 6. The van der Waals surface area contributed by atoms with E-state index < -0.39 is 21.8 Å². The van der Waals surface area contributed by atoms with Crippen molar-refractivity contribution in [2.75, 3.05) is 0 Å². The Morgan fingerprint density at radius 2 is 1.79 bits per heavy atom. The number of nitrogens with zero attached hydrogens (tertiary/aromatic N) is 4. The van der Waals surface area contributed by atoms with Crippen molar-refractivity contribution < 1.29 is 21.6 Å². The summed E-state index contributed by atoms with van der Waals surface area (Å²) in [6.45, 7) is 3.93. The number of benzene rings is 2. The quantitative estimate of drug-likeness (QED) is 0.238. The number of primary sulfonamides is 1. The van der Waals surface area contributed by atoms with E-state index in [1.807, 2.05) is 12.1 Å². The molecule has 12 heteroatoms. The van der Waals surface area contributed by atoms with Gasteiger partial charge in [0.25, 0.3) is 0 Å². The largest absolute Gasteiger partial charge is 0.416 e. The molecule has 0 saturated carbocycles. The molecule has 2 heterocycles. The molecule has 0 spiro atoms. The molecule has 8 nitrogen and oxygen atoms in total. The van der Waals surface area contributed by atoms with Gasteiger partial charge < -0.3 is 5.32 Å². The summed E-state index contributed by atoms with van der Waals surface area (Å²) in [6, 6.07) is 16.7. The van der Waals surface area contributed by atoms with Crippen LogP contribution in [0.25, 0.3) is 11.1 Å². The Labute approximate surface area is 223 Å². The van der Waals surface area contributed by atoms with Gasteiger partial charge >= 0.3 is 6.18 Å². The van der Waals surface area contributed by atoms with Gasteiger partial charge in [-0.1, -0.05) is 30.3 Å². The van der Waals surface area contributed by atoms with Crippen LogP contribution in [-0.2, 0) is 29.3 Å². The molecule has 39 heavy (non-hydrogen) atoms. The van der Waals surface area contributed by atoms with Gasteiger partial charge in [0.15, 0.2) is 0 Å². The maximum Gasteiger partial charge on any atom is 0.416 e. The van der Waals surface area contributed by atoms with Gasteiger partial charge in [-0.05, 0) is 59.8 Å². The zero-order chi connectivity index (χ0) is 28.0. The van der Waals surface area contributed by atoms with Crippen molar-refractivity contribution in [2.24, 2.45) is 15.1 Å². The summed E-state index contributed by atoms with van der Waals surface area (Å²) in [5.74, 6) is 0.347. The minimum absolute atomic E-state index is 0.0127. The van der Waals surface area contributed by atoms with Crippen LogP contribution in [0.4, 0.5) is 18.9 Å². The lowest BCUT2D eigenvalue weighted by atomic mass is 9.96. The number of alkyl halides is 3. The van der Waals surface area contributed by atoms with Crippen molar-refractivity contribution in [3.05, 3.63) is 108 Å². The molecule has 0 atom stereocenters. The number of nitrogens with one attached hydrogen (secondary N) is 1. The van der Waals surface area contributed by atoms with E-state index in [0.717, 1.165) is 18.3 Å². The Morgan fingerprint density at radius 1 is 1.03 bits per heavy atom. The van der Waals surface area contributed by atoms with Crippen LogP contribution in [0.3, 0.4) is 0 Å². The Balaban J connectivity index is 1.80. The predicted molar refractivity (Wildman–Crippen MR) is 143 cm³/mol. The van der Waals surface area contributed by atoms with Crippen molar-refractivity contribution in [3.8, 4) is 11.1 Å². The van der Waals surface area contributed by atoms with Crippen LogP contribution in [-0.4, -0.2) is 30.9 Å². The molecule has 0 radical (unpaired) electrons. The van der Waals surface area contributed by atoms with Gasteiger partial charge in [0.2, 0.25) is 10.0 Å². The van der Waals surface area contributed by atoms with E-state index in [1.54, 1.807) is 30.5 Å². The van der Waals surface area contributed by atoms with E-state index in [-0.39, 0.29) is 18.0 Å². The van der Waals surface area contributed by atoms with Crippen LogP contribution in [0.5, 0.6) is 0 Å². The third kappa shape index (κ3) is 6.92. The molecule has 0 bridgehead atoms. The molecule has 4 aromatic rings. The van der Waals surface area contributed by atoms with Gasteiger partial charge in [-0.25, -0.2) is 13.6 Å². The number of aromatic nitrogens is 2. The zero-order valence-corrected chi connectivity index (χ0v) is 21.2. The lowest BCUT2D eigenvalue weighted by Gasteiger charge is -2.17. The summed E-state index contributed by atoms with van der Waals surface area (Å²) in [4.78, 5) is 16.9. The highest BCUT2D eigenvalue weighted by Crippen LogP contribution is 2.34. The maximum atomic E-state index is 13.2. The molecule has 0 amide bonds. The van der Waals surface area contributed by atoms with Crippen molar-refractivity contribution >= 4 is 28.3 Å². The summed E-state index contributed by atoms with van der Waals surface area (Å²) < 4.78 is 63.0. The first-order valence-corrected chi connectivity index (χ1v) is 13.0. The maximum absolute atomic E-state index is 13.2. The van der Waals surface area contributed by atoms with E-state index in [0.29, 0.717) is 39.5 Å². The fourth-order valence-electron chi connectivity index (χ4n) is 3.78. The summed E-state index contributed by atoms with van der Waals surface area (Å²) in [5.41, 5.74) is 2.43. The average Bonchev–Trinajstić information content (AvgIpc) is 2.92. The molecule has 3 N–H and O–H groups in total. The number of hydrogen-bond donors (Lipinski definition) is 2. The zero-order valence-electron chi connectivity index (χ0n) is 20.4. The highest BCUT2D eigenvalue weighted by atomic mass is 32.2. The molecule has 0 saturated heterocycles. The first-order valence-electron chi connectivity index (χ1n) is 11.5. The molecular weight excluding hydrogens is 529 g/mol. The Morgan fingerprint density at radius 3 is 2.44 bits per heavy atom. The highest BCUT2D eigenvalue weighted by molar-refractivity contribution is 7.89. The Kier molecular flexibility index (Phi) is 8.17. The second kappa shape index (κ2) is 11.5. The third-order valence-electron chi connectivity index (χ3n) is 5.65. The van der Waals surface area contributed by atoms with Crippen LogP contribution in [0, 0.1) is 0 Å². The van der Waals surface area contributed by atoms with Crippen LogP contribution in [0.2, 0.25) is 0 Å². The SMILES string of the molecule is C=Nc1cccc(-c2ccc(C(F)(F)F)cc2)c1C(=NCc1cncc(S(N)(=O)=O)c1)NCc1ccccn1. The Hall–Kier alpha value is -4.42. The topological polar surface area (TPSA) is 123 Å². The normalized spacial score (nSPS) is 12.3. The molecule has 4 rings (SSSR count). The Bertz CT molecular complexity index is 1610. The van der Waals surface area contributed by atoms with Crippen molar-refractivity contribution in [2.45, 2.75) is 24.2 Å². The summed E-state index contributed by atoms with van der Waals surface area (Å²) in [5, 5.41) is 8.48. The molecule has 0 fully saturated rings. The predicted octanol–water partition coefficient (Wildman–Crippen LogP) is 4.88. The van der Waals surface area contributed by atoms with Gasteiger partial charge in [0.1, 0.15) is 10.7 Å². The summed E-state index contributed by atoms with van der Waals surface area (Å²) >= 11 is 0. The second-order valence-corrected chi connectivity index (χ2v) is 9.91. The average molecular weight is 553 g/mol. The first kappa shape index (κ1) is 27.6. The molecule has 0 aliphatic carbocycles. The minimum atomic E-state index is -4.47. The number of pyridine rings is 2. The van der Waals surface area contributed by atoms with Gasteiger partial charge in [-0.2, -0.15) is 13.2 Å². The van der Waals surface area contributed by atoms with Crippen molar-refractivity contribution in [1.82, 2.24) is 15.3 Å². The second-order valence-electron chi connectivity index (χ2n) is 8.35. The summed E-state index contributed by atoms with van der Waals surface area (Å²) in [6.07, 6.45) is -0.223. The van der Waals surface area contributed by atoms with E-state index in [9.17, 15) is 21.6 Å². The van der Waals surface area contributed by atoms with Crippen LogP contribution < -0.4 is 10.5 Å². The highest BCUT2D eigenvalue weighted by Gasteiger charge is 2.30. The molecule has 0 aliphatic heterocycles. The van der Waals surface area contributed by atoms with Crippen molar-refractivity contribution in [1.29, 1.82) is 0 Å². The van der Waals surface area contributed by atoms with E-state index in [2.05, 4.69) is 32.0 Å².